The first-order valence-corrected chi connectivity index (χ1v) is 8.83. The topological polar surface area (TPSA) is 59.1 Å². The summed E-state index contributed by atoms with van der Waals surface area (Å²) in [6.07, 6.45) is 1.21. The molecule has 0 spiro atoms. The molecule has 25 heavy (non-hydrogen) atoms. The van der Waals surface area contributed by atoms with Crippen LogP contribution in [0.1, 0.15) is 33.6 Å². The molecule has 0 bridgehead atoms. The molecule has 0 aromatic heterocycles. The van der Waals surface area contributed by atoms with Crippen LogP contribution in [0.5, 0.6) is 11.5 Å². The minimum absolute atomic E-state index is 0.0258. The van der Waals surface area contributed by atoms with Crippen molar-refractivity contribution in [3.05, 3.63) is 18.2 Å². The molecular formula is C19H26N2O4. The molecule has 6 nitrogen and oxygen atoms in total. The number of benzene rings is 1. The lowest BCUT2D eigenvalue weighted by Crippen LogP contribution is -2.40. The summed E-state index contributed by atoms with van der Waals surface area (Å²) < 4.78 is 10.7. The third-order valence-electron chi connectivity index (χ3n) is 4.96. The molecule has 1 aromatic rings. The van der Waals surface area contributed by atoms with E-state index in [1.165, 1.54) is 0 Å². The summed E-state index contributed by atoms with van der Waals surface area (Å²) in [5, 5.41) is 0. The van der Waals surface area contributed by atoms with Gasteiger partial charge < -0.3 is 19.3 Å². The Kier molecular flexibility index (Phi) is 4.88. The molecule has 2 aliphatic rings. The molecule has 1 saturated heterocycles. The van der Waals surface area contributed by atoms with Crippen LogP contribution >= 0.6 is 0 Å². The monoisotopic (exact) mass is 346 g/mol. The maximum Gasteiger partial charge on any atom is 0.231 e. The Morgan fingerprint density at radius 2 is 2.00 bits per heavy atom. The van der Waals surface area contributed by atoms with Crippen LogP contribution < -0.4 is 14.4 Å². The van der Waals surface area contributed by atoms with Gasteiger partial charge in [-0.15, -0.1) is 0 Å². The highest BCUT2D eigenvalue weighted by molar-refractivity contribution is 6.00. The number of rotatable bonds is 5. The molecule has 1 aromatic carbocycles. The van der Waals surface area contributed by atoms with E-state index in [2.05, 4.69) is 20.8 Å². The van der Waals surface area contributed by atoms with Crippen LogP contribution in [0, 0.1) is 11.8 Å². The predicted molar refractivity (Wildman–Crippen MR) is 94.7 cm³/mol. The Balaban J connectivity index is 1.69. The van der Waals surface area contributed by atoms with Gasteiger partial charge >= 0.3 is 0 Å². The first kappa shape index (κ1) is 17.6. The van der Waals surface area contributed by atoms with Gasteiger partial charge in [-0.2, -0.15) is 0 Å². The molecule has 2 amide bonds. The Labute approximate surface area is 148 Å². The summed E-state index contributed by atoms with van der Waals surface area (Å²) in [5.74, 6) is 1.58. The number of nitrogens with zero attached hydrogens (tertiary/aromatic N) is 2. The van der Waals surface area contributed by atoms with E-state index in [9.17, 15) is 9.59 Å². The van der Waals surface area contributed by atoms with E-state index < -0.39 is 0 Å². The normalized spacial score (nSPS) is 20.3. The summed E-state index contributed by atoms with van der Waals surface area (Å²) in [6, 6.07) is 5.61. The standard InChI is InChI=1S/C19H26N2O4/c1-12(2)7-13(3)20(4)19(23)14-8-18(22)21(10-14)15-5-6-16-17(9-15)25-11-24-16/h5-6,9,12-14H,7-8,10-11H2,1-4H3/t13-,14+/m1/s1. The zero-order chi connectivity index (χ0) is 18.1. The molecule has 0 saturated carbocycles. The van der Waals surface area contributed by atoms with Crippen molar-refractivity contribution in [2.24, 2.45) is 11.8 Å². The average molecular weight is 346 g/mol. The van der Waals surface area contributed by atoms with Gasteiger partial charge in [0.2, 0.25) is 18.6 Å². The smallest absolute Gasteiger partial charge is 0.231 e. The molecule has 0 aliphatic carbocycles. The fraction of sp³-hybridized carbons (Fsp3) is 0.579. The van der Waals surface area contributed by atoms with Gasteiger partial charge in [0.1, 0.15) is 0 Å². The van der Waals surface area contributed by atoms with E-state index in [1.807, 2.05) is 13.1 Å². The number of ether oxygens (including phenoxy) is 2. The SMILES string of the molecule is CC(C)C[C@@H](C)N(C)C(=O)[C@H]1CC(=O)N(c2ccc3c(c2)OCO3)C1. The number of fused-ring (bicyclic) bond motifs is 1. The number of carbonyl (C=O) groups excluding carboxylic acids is 2. The Morgan fingerprint density at radius 3 is 2.72 bits per heavy atom. The fourth-order valence-corrected chi connectivity index (χ4v) is 3.52. The zero-order valence-corrected chi connectivity index (χ0v) is 15.3. The largest absolute Gasteiger partial charge is 0.454 e. The van der Waals surface area contributed by atoms with Crippen LogP contribution in [0.2, 0.25) is 0 Å². The Hall–Kier alpha value is -2.24. The van der Waals surface area contributed by atoms with Gasteiger partial charge in [0.15, 0.2) is 11.5 Å². The first-order chi connectivity index (χ1) is 11.9. The van der Waals surface area contributed by atoms with E-state index in [1.54, 1.807) is 21.9 Å². The zero-order valence-electron chi connectivity index (χ0n) is 15.3. The molecule has 3 rings (SSSR count). The maximum atomic E-state index is 12.8. The highest BCUT2D eigenvalue weighted by Gasteiger charge is 2.37. The third kappa shape index (κ3) is 3.57. The van der Waals surface area contributed by atoms with Gasteiger partial charge in [-0.3, -0.25) is 9.59 Å². The van der Waals surface area contributed by atoms with Crippen molar-refractivity contribution in [1.82, 2.24) is 4.90 Å². The van der Waals surface area contributed by atoms with Gasteiger partial charge in [0, 0.05) is 37.8 Å². The van der Waals surface area contributed by atoms with Crippen molar-refractivity contribution < 1.29 is 19.1 Å². The van der Waals surface area contributed by atoms with Crippen LogP contribution in [0.4, 0.5) is 5.69 Å². The van der Waals surface area contributed by atoms with Crippen LogP contribution in [0.25, 0.3) is 0 Å². The van der Waals surface area contributed by atoms with Crippen LogP contribution in [-0.2, 0) is 9.59 Å². The van der Waals surface area contributed by atoms with E-state index >= 15 is 0 Å². The number of amides is 2. The maximum absolute atomic E-state index is 12.8. The minimum atomic E-state index is -0.294. The van der Waals surface area contributed by atoms with Crippen molar-refractivity contribution in [1.29, 1.82) is 0 Å². The predicted octanol–water partition coefficient (Wildman–Crippen LogP) is 2.66. The molecule has 0 radical (unpaired) electrons. The van der Waals surface area contributed by atoms with E-state index in [0.717, 1.165) is 12.1 Å². The quantitative estimate of drug-likeness (QED) is 0.822. The van der Waals surface area contributed by atoms with E-state index in [4.69, 9.17) is 9.47 Å². The third-order valence-corrected chi connectivity index (χ3v) is 4.96. The number of hydrogen-bond acceptors (Lipinski definition) is 4. The van der Waals surface area contributed by atoms with Gasteiger partial charge in [0.25, 0.3) is 0 Å². The number of hydrogen-bond donors (Lipinski definition) is 0. The highest BCUT2D eigenvalue weighted by Crippen LogP contribution is 2.37. The molecule has 1 fully saturated rings. The molecule has 0 unspecified atom stereocenters. The Morgan fingerprint density at radius 1 is 1.28 bits per heavy atom. The van der Waals surface area contributed by atoms with Crippen molar-refractivity contribution in [2.45, 2.75) is 39.7 Å². The van der Waals surface area contributed by atoms with Gasteiger partial charge in [-0.05, 0) is 31.4 Å². The summed E-state index contributed by atoms with van der Waals surface area (Å²) in [7, 11) is 1.84. The van der Waals surface area contributed by atoms with E-state index in [-0.39, 0.29) is 37.0 Å². The molecule has 0 N–H and O–H groups in total. The summed E-state index contributed by atoms with van der Waals surface area (Å²) in [5.41, 5.74) is 0.752. The van der Waals surface area contributed by atoms with Crippen molar-refractivity contribution in [2.75, 3.05) is 25.3 Å². The summed E-state index contributed by atoms with van der Waals surface area (Å²) >= 11 is 0. The minimum Gasteiger partial charge on any atom is -0.454 e. The van der Waals surface area contributed by atoms with Crippen LogP contribution in [0.3, 0.4) is 0 Å². The van der Waals surface area contributed by atoms with Crippen LogP contribution in [0.15, 0.2) is 18.2 Å². The average Bonchev–Trinajstić information content (AvgIpc) is 3.18. The molecule has 136 valence electrons. The fourth-order valence-electron chi connectivity index (χ4n) is 3.52. The second kappa shape index (κ2) is 6.94. The van der Waals surface area contributed by atoms with Gasteiger partial charge in [-0.25, -0.2) is 0 Å². The summed E-state index contributed by atoms with van der Waals surface area (Å²) in [6.45, 7) is 6.97. The number of anilines is 1. The molecule has 6 heteroatoms. The van der Waals surface area contributed by atoms with Crippen molar-refractivity contribution in [3.63, 3.8) is 0 Å². The lowest BCUT2D eigenvalue weighted by Gasteiger charge is -2.28. The van der Waals surface area contributed by atoms with E-state index in [0.29, 0.717) is 24.0 Å². The number of carbonyl (C=O) groups is 2. The molecular weight excluding hydrogens is 320 g/mol. The van der Waals surface area contributed by atoms with Gasteiger partial charge in [-0.1, -0.05) is 13.8 Å². The highest BCUT2D eigenvalue weighted by atomic mass is 16.7. The van der Waals surface area contributed by atoms with Crippen molar-refractivity contribution >= 4 is 17.5 Å². The Bertz CT molecular complexity index is 673. The second-order valence-electron chi connectivity index (χ2n) is 7.37. The lowest BCUT2D eigenvalue weighted by atomic mass is 10.0. The second-order valence-corrected chi connectivity index (χ2v) is 7.37. The van der Waals surface area contributed by atoms with Crippen LogP contribution in [-0.4, -0.2) is 43.1 Å². The molecule has 2 atom stereocenters. The molecule has 2 aliphatic heterocycles. The first-order valence-electron chi connectivity index (χ1n) is 8.83. The van der Waals surface area contributed by atoms with Crippen molar-refractivity contribution in [3.8, 4) is 11.5 Å². The summed E-state index contributed by atoms with van der Waals surface area (Å²) in [4.78, 5) is 28.7. The van der Waals surface area contributed by atoms with Gasteiger partial charge in [0.05, 0.1) is 5.92 Å². The lowest BCUT2D eigenvalue weighted by molar-refractivity contribution is -0.136. The molecule has 2 heterocycles.